The van der Waals surface area contributed by atoms with Gasteiger partial charge in [-0.15, -0.1) is 5.10 Å². The van der Waals surface area contributed by atoms with Crippen molar-refractivity contribution in [2.45, 2.75) is 25.1 Å². The van der Waals surface area contributed by atoms with Gasteiger partial charge in [0, 0.05) is 0 Å². The molecule has 16 heavy (non-hydrogen) atoms. The fraction of sp³-hybridized carbons (Fsp3) is 0.333. The van der Waals surface area contributed by atoms with Crippen molar-refractivity contribution in [2.24, 2.45) is 0 Å². The van der Waals surface area contributed by atoms with Gasteiger partial charge in [0.05, 0.1) is 22.4 Å². The molecule has 1 aromatic carbocycles. The lowest BCUT2D eigenvalue weighted by Crippen LogP contribution is -1.94. The highest BCUT2D eigenvalue weighted by Crippen LogP contribution is 2.24. The van der Waals surface area contributed by atoms with Crippen molar-refractivity contribution in [3.8, 4) is 5.69 Å². The first kappa shape index (κ1) is 11.3. The third-order valence-electron chi connectivity index (χ3n) is 2.49. The summed E-state index contributed by atoms with van der Waals surface area (Å²) < 4.78 is 1.80. The van der Waals surface area contributed by atoms with Crippen LogP contribution in [0, 0.1) is 6.92 Å². The average molecular weight is 280 g/mol. The van der Waals surface area contributed by atoms with E-state index in [4.69, 9.17) is 0 Å². The number of hydrogen-bond acceptors (Lipinski definition) is 2. The molecule has 2 aromatic rings. The molecule has 1 heterocycles. The second kappa shape index (κ2) is 4.78. The van der Waals surface area contributed by atoms with Crippen molar-refractivity contribution in [1.29, 1.82) is 0 Å². The quantitative estimate of drug-likeness (QED) is 0.806. The maximum atomic E-state index is 4.15. The molecule has 2 rings (SSSR count). The summed E-state index contributed by atoms with van der Waals surface area (Å²) in [4.78, 5) is 0.284. The molecule has 3 nitrogen and oxygen atoms in total. The van der Waals surface area contributed by atoms with Gasteiger partial charge in [-0.3, -0.25) is 0 Å². The molecule has 0 amide bonds. The van der Waals surface area contributed by atoms with Crippen molar-refractivity contribution >= 4 is 15.9 Å². The van der Waals surface area contributed by atoms with Crippen molar-refractivity contribution in [3.63, 3.8) is 0 Å². The summed E-state index contributed by atoms with van der Waals surface area (Å²) >= 11 is 3.57. The Morgan fingerprint density at radius 3 is 2.62 bits per heavy atom. The lowest BCUT2D eigenvalue weighted by Gasteiger charge is -2.01. The van der Waals surface area contributed by atoms with Gasteiger partial charge in [0.2, 0.25) is 0 Å². The predicted octanol–water partition coefficient (Wildman–Crippen LogP) is 3.42. The lowest BCUT2D eigenvalue weighted by molar-refractivity contribution is 0.790. The molecule has 0 aliphatic heterocycles. The number of nitrogens with zero attached hydrogens (tertiary/aromatic N) is 3. The SMILES string of the molecule is CCC(Br)c1cn(-c2ccc(C)cc2)nn1. The number of hydrogen-bond donors (Lipinski definition) is 0. The van der Waals surface area contributed by atoms with E-state index in [1.54, 1.807) is 4.68 Å². The molecule has 1 atom stereocenters. The highest BCUT2D eigenvalue weighted by Gasteiger charge is 2.09. The summed E-state index contributed by atoms with van der Waals surface area (Å²) in [6, 6.07) is 8.23. The van der Waals surface area contributed by atoms with E-state index in [9.17, 15) is 0 Å². The fourth-order valence-electron chi connectivity index (χ4n) is 1.45. The van der Waals surface area contributed by atoms with Crippen LogP contribution in [0.2, 0.25) is 0 Å². The number of halogens is 1. The minimum atomic E-state index is 0.284. The lowest BCUT2D eigenvalue weighted by atomic mass is 10.2. The minimum Gasteiger partial charge on any atom is -0.220 e. The van der Waals surface area contributed by atoms with Crippen molar-refractivity contribution in [3.05, 3.63) is 41.7 Å². The summed E-state index contributed by atoms with van der Waals surface area (Å²) in [6.45, 7) is 4.19. The average Bonchev–Trinajstić information content (AvgIpc) is 2.78. The molecule has 0 aliphatic rings. The molecule has 1 aromatic heterocycles. The second-order valence-electron chi connectivity index (χ2n) is 3.80. The molecule has 0 aliphatic carbocycles. The molecule has 0 spiro atoms. The molecule has 0 N–H and O–H groups in total. The zero-order chi connectivity index (χ0) is 11.5. The number of rotatable bonds is 3. The zero-order valence-electron chi connectivity index (χ0n) is 9.39. The first-order chi connectivity index (χ1) is 7.70. The van der Waals surface area contributed by atoms with Crippen LogP contribution >= 0.6 is 15.9 Å². The van der Waals surface area contributed by atoms with Crippen LogP contribution in [0.4, 0.5) is 0 Å². The molecular formula is C12H14BrN3. The van der Waals surface area contributed by atoms with Gasteiger partial charge in [-0.1, -0.05) is 45.8 Å². The van der Waals surface area contributed by atoms with E-state index in [0.29, 0.717) is 0 Å². The zero-order valence-corrected chi connectivity index (χ0v) is 11.0. The minimum absolute atomic E-state index is 0.284. The van der Waals surface area contributed by atoms with Crippen molar-refractivity contribution in [2.75, 3.05) is 0 Å². The number of benzene rings is 1. The molecule has 84 valence electrons. The van der Waals surface area contributed by atoms with Crippen molar-refractivity contribution < 1.29 is 0 Å². The number of aryl methyl sites for hydroxylation is 1. The third kappa shape index (κ3) is 2.32. The van der Waals surface area contributed by atoms with Crippen LogP contribution in [0.25, 0.3) is 5.69 Å². The predicted molar refractivity (Wildman–Crippen MR) is 68.1 cm³/mol. The molecular weight excluding hydrogens is 266 g/mol. The van der Waals surface area contributed by atoms with E-state index in [1.165, 1.54) is 5.56 Å². The van der Waals surface area contributed by atoms with Crippen LogP contribution in [0.3, 0.4) is 0 Å². The van der Waals surface area contributed by atoms with Crippen molar-refractivity contribution in [1.82, 2.24) is 15.0 Å². The first-order valence-corrected chi connectivity index (χ1v) is 6.25. The van der Waals surface area contributed by atoms with E-state index in [0.717, 1.165) is 17.8 Å². The molecule has 0 bridgehead atoms. The smallest absolute Gasteiger partial charge is 0.0967 e. The third-order valence-corrected chi connectivity index (χ3v) is 3.61. The van der Waals surface area contributed by atoms with E-state index in [1.807, 2.05) is 18.3 Å². The Balaban J connectivity index is 2.28. The Labute approximate surface area is 104 Å². The molecule has 4 heteroatoms. The van der Waals surface area contributed by atoms with Gasteiger partial charge >= 0.3 is 0 Å². The Morgan fingerprint density at radius 2 is 2.00 bits per heavy atom. The first-order valence-electron chi connectivity index (χ1n) is 5.34. The summed E-state index contributed by atoms with van der Waals surface area (Å²) in [7, 11) is 0. The fourth-order valence-corrected chi connectivity index (χ4v) is 1.66. The maximum absolute atomic E-state index is 4.15. The van der Waals surface area contributed by atoms with Gasteiger partial charge in [0.25, 0.3) is 0 Å². The maximum Gasteiger partial charge on any atom is 0.0967 e. The van der Waals surface area contributed by atoms with Crippen LogP contribution in [-0.2, 0) is 0 Å². The normalized spacial score (nSPS) is 12.7. The van der Waals surface area contributed by atoms with E-state index < -0.39 is 0 Å². The highest BCUT2D eigenvalue weighted by molar-refractivity contribution is 9.09. The Kier molecular flexibility index (Phi) is 3.39. The summed E-state index contributed by atoms with van der Waals surface area (Å²) in [5.41, 5.74) is 3.26. The Bertz CT molecular complexity index is 461. The number of alkyl halides is 1. The van der Waals surface area contributed by atoms with Crippen LogP contribution in [0.5, 0.6) is 0 Å². The summed E-state index contributed by atoms with van der Waals surface area (Å²) in [6.07, 6.45) is 2.97. The van der Waals surface area contributed by atoms with Gasteiger partial charge in [0.15, 0.2) is 0 Å². The van der Waals surface area contributed by atoms with Crippen LogP contribution in [-0.4, -0.2) is 15.0 Å². The number of aromatic nitrogens is 3. The molecule has 0 saturated heterocycles. The van der Waals surface area contributed by atoms with Gasteiger partial charge in [-0.05, 0) is 25.5 Å². The molecule has 0 radical (unpaired) electrons. The molecule has 1 unspecified atom stereocenters. The second-order valence-corrected chi connectivity index (χ2v) is 4.90. The monoisotopic (exact) mass is 279 g/mol. The Hall–Kier alpha value is -1.16. The topological polar surface area (TPSA) is 30.7 Å². The molecule has 0 fully saturated rings. The standard InChI is InChI=1S/C12H14BrN3/c1-3-11(13)12-8-16(15-14-12)10-6-4-9(2)5-7-10/h4-8,11H,3H2,1-2H3. The van der Waals surface area contributed by atoms with E-state index in [-0.39, 0.29) is 4.83 Å². The van der Waals surface area contributed by atoms with Crippen LogP contribution in [0.15, 0.2) is 30.5 Å². The summed E-state index contributed by atoms with van der Waals surface area (Å²) in [5.74, 6) is 0. The largest absolute Gasteiger partial charge is 0.220 e. The van der Waals surface area contributed by atoms with Crippen LogP contribution < -0.4 is 0 Å². The van der Waals surface area contributed by atoms with Crippen LogP contribution in [0.1, 0.15) is 29.4 Å². The van der Waals surface area contributed by atoms with E-state index in [2.05, 4.69) is 52.2 Å². The molecule has 0 saturated carbocycles. The van der Waals surface area contributed by atoms with Gasteiger partial charge in [0.1, 0.15) is 0 Å². The van der Waals surface area contributed by atoms with Gasteiger partial charge in [-0.25, -0.2) is 4.68 Å². The van der Waals surface area contributed by atoms with E-state index >= 15 is 0 Å². The van der Waals surface area contributed by atoms with Gasteiger partial charge in [-0.2, -0.15) is 0 Å². The Morgan fingerprint density at radius 1 is 1.31 bits per heavy atom. The summed E-state index contributed by atoms with van der Waals surface area (Å²) in [5, 5.41) is 8.27. The highest BCUT2D eigenvalue weighted by atomic mass is 79.9. The van der Waals surface area contributed by atoms with Gasteiger partial charge < -0.3 is 0 Å².